The van der Waals surface area contributed by atoms with Crippen molar-refractivity contribution in [1.82, 2.24) is 4.98 Å². The Bertz CT molecular complexity index is 761. The molecule has 20 heavy (non-hydrogen) atoms. The van der Waals surface area contributed by atoms with E-state index in [9.17, 15) is 8.42 Å². The molecule has 3 rings (SSSR count). The van der Waals surface area contributed by atoms with E-state index in [1.165, 1.54) is 0 Å². The van der Waals surface area contributed by atoms with Gasteiger partial charge in [0.25, 0.3) is 0 Å². The van der Waals surface area contributed by atoms with E-state index < -0.39 is 9.84 Å². The van der Waals surface area contributed by atoms with Crippen LogP contribution in [0.15, 0.2) is 34.9 Å². The highest BCUT2D eigenvalue weighted by Gasteiger charge is 2.33. The first-order chi connectivity index (χ1) is 9.48. The van der Waals surface area contributed by atoms with Crippen LogP contribution in [0.25, 0.3) is 10.9 Å². The van der Waals surface area contributed by atoms with E-state index in [1.807, 2.05) is 24.3 Å². The molecule has 2 unspecified atom stereocenters. The standard InChI is InChI=1S/C14H15BrN2O2S/c15-12-4-3-11(14-10(12)2-1-6-17-14)13(16)9-5-7-20(18,19)8-9/h1-4,6,9,13H,5,7-8,16H2. The third kappa shape index (κ3) is 2.47. The highest BCUT2D eigenvalue weighted by molar-refractivity contribution is 9.10. The second-order valence-electron chi connectivity index (χ2n) is 5.23. The number of halogens is 1. The van der Waals surface area contributed by atoms with E-state index in [0.29, 0.717) is 6.42 Å². The predicted molar refractivity (Wildman–Crippen MR) is 83.1 cm³/mol. The van der Waals surface area contributed by atoms with Crippen molar-refractivity contribution in [3.05, 3.63) is 40.5 Å². The molecular formula is C14H15BrN2O2S. The first-order valence-electron chi connectivity index (χ1n) is 6.47. The van der Waals surface area contributed by atoms with Crippen molar-refractivity contribution in [3.63, 3.8) is 0 Å². The first-order valence-corrected chi connectivity index (χ1v) is 9.08. The number of hydrogen-bond acceptors (Lipinski definition) is 4. The molecule has 0 aliphatic carbocycles. The number of sulfone groups is 1. The molecule has 4 nitrogen and oxygen atoms in total. The Morgan fingerprint density at radius 3 is 2.85 bits per heavy atom. The minimum absolute atomic E-state index is 0.0219. The summed E-state index contributed by atoms with van der Waals surface area (Å²) < 4.78 is 24.2. The molecule has 1 aromatic carbocycles. The maximum atomic E-state index is 11.6. The van der Waals surface area contributed by atoms with Crippen LogP contribution in [0.4, 0.5) is 0 Å². The fraction of sp³-hybridized carbons (Fsp3) is 0.357. The van der Waals surface area contributed by atoms with Crippen LogP contribution in [0.5, 0.6) is 0 Å². The Morgan fingerprint density at radius 2 is 2.15 bits per heavy atom. The van der Waals surface area contributed by atoms with Gasteiger partial charge in [0.05, 0.1) is 17.0 Å². The number of fused-ring (bicyclic) bond motifs is 1. The van der Waals surface area contributed by atoms with Crippen LogP contribution >= 0.6 is 15.9 Å². The minimum Gasteiger partial charge on any atom is -0.324 e. The average molecular weight is 355 g/mol. The zero-order valence-electron chi connectivity index (χ0n) is 10.8. The topological polar surface area (TPSA) is 73.0 Å². The number of nitrogens with zero attached hydrogens (tertiary/aromatic N) is 1. The fourth-order valence-electron chi connectivity index (χ4n) is 2.79. The van der Waals surface area contributed by atoms with Crippen LogP contribution < -0.4 is 5.73 Å². The van der Waals surface area contributed by atoms with Gasteiger partial charge in [-0.2, -0.15) is 0 Å². The number of benzene rings is 1. The number of rotatable bonds is 2. The molecule has 2 N–H and O–H groups in total. The van der Waals surface area contributed by atoms with Gasteiger partial charge in [-0.15, -0.1) is 0 Å². The molecule has 6 heteroatoms. The SMILES string of the molecule is NC(c1ccc(Br)c2cccnc12)C1CCS(=O)(=O)C1. The van der Waals surface area contributed by atoms with Gasteiger partial charge in [-0.25, -0.2) is 8.42 Å². The van der Waals surface area contributed by atoms with Gasteiger partial charge in [0.1, 0.15) is 0 Å². The van der Waals surface area contributed by atoms with Crippen LogP contribution in [0.1, 0.15) is 18.0 Å². The fourth-order valence-corrected chi connectivity index (χ4v) is 5.10. The summed E-state index contributed by atoms with van der Waals surface area (Å²) in [6, 6.07) is 7.45. The quantitative estimate of drug-likeness (QED) is 0.898. The molecule has 2 heterocycles. The lowest BCUT2D eigenvalue weighted by Gasteiger charge is -2.19. The van der Waals surface area contributed by atoms with Gasteiger partial charge in [-0.05, 0) is 30.0 Å². The lowest BCUT2D eigenvalue weighted by Crippen LogP contribution is -2.23. The Labute approximate surface area is 126 Å². The van der Waals surface area contributed by atoms with Gasteiger partial charge in [0.2, 0.25) is 0 Å². The lowest BCUT2D eigenvalue weighted by atomic mass is 9.92. The van der Waals surface area contributed by atoms with E-state index >= 15 is 0 Å². The molecule has 1 saturated heterocycles. The van der Waals surface area contributed by atoms with E-state index in [2.05, 4.69) is 20.9 Å². The summed E-state index contributed by atoms with van der Waals surface area (Å²) in [6.07, 6.45) is 2.37. The molecule has 0 radical (unpaired) electrons. The first kappa shape index (κ1) is 14.0. The lowest BCUT2D eigenvalue weighted by molar-refractivity contribution is 0.482. The Hall–Kier alpha value is -0.980. The van der Waals surface area contributed by atoms with Crippen LogP contribution in [-0.4, -0.2) is 24.9 Å². The Kier molecular flexibility index (Phi) is 3.56. The summed E-state index contributed by atoms with van der Waals surface area (Å²) in [5, 5.41) is 1.00. The molecule has 0 bridgehead atoms. The highest BCUT2D eigenvalue weighted by atomic mass is 79.9. The molecule has 0 amide bonds. The largest absolute Gasteiger partial charge is 0.324 e. The van der Waals surface area contributed by atoms with E-state index in [1.54, 1.807) is 6.20 Å². The number of nitrogens with two attached hydrogens (primary N) is 1. The van der Waals surface area contributed by atoms with Gasteiger partial charge in [0, 0.05) is 22.1 Å². The van der Waals surface area contributed by atoms with Gasteiger partial charge < -0.3 is 5.73 Å². The monoisotopic (exact) mass is 354 g/mol. The van der Waals surface area contributed by atoms with Crippen molar-refractivity contribution >= 4 is 36.7 Å². The number of aromatic nitrogens is 1. The molecule has 1 aromatic heterocycles. The average Bonchev–Trinajstić information content (AvgIpc) is 2.79. The molecule has 1 aliphatic rings. The Morgan fingerprint density at radius 1 is 1.35 bits per heavy atom. The predicted octanol–water partition coefficient (Wildman–Crippen LogP) is 2.43. The number of hydrogen-bond donors (Lipinski definition) is 1. The van der Waals surface area contributed by atoms with E-state index in [-0.39, 0.29) is 23.5 Å². The third-order valence-electron chi connectivity index (χ3n) is 3.88. The van der Waals surface area contributed by atoms with Crippen molar-refractivity contribution in [3.8, 4) is 0 Å². The molecule has 0 saturated carbocycles. The summed E-state index contributed by atoms with van der Waals surface area (Å²) in [5.74, 6) is 0.401. The molecule has 2 aromatic rings. The summed E-state index contributed by atoms with van der Waals surface area (Å²) in [6.45, 7) is 0. The van der Waals surface area contributed by atoms with Gasteiger partial charge in [0.15, 0.2) is 9.84 Å². The van der Waals surface area contributed by atoms with Gasteiger partial charge in [-0.3, -0.25) is 4.98 Å². The van der Waals surface area contributed by atoms with Crippen LogP contribution in [0.3, 0.4) is 0 Å². The molecule has 1 fully saturated rings. The van der Waals surface area contributed by atoms with Crippen molar-refractivity contribution in [2.75, 3.05) is 11.5 Å². The summed E-state index contributed by atoms with van der Waals surface area (Å²) >= 11 is 3.51. The smallest absolute Gasteiger partial charge is 0.150 e. The van der Waals surface area contributed by atoms with Crippen molar-refractivity contribution < 1.29 is 8.42 Å². The Balaban J connectivity index is 2.04. The third-order valence-corrected chi connectivity index (χ3v) is 6.37. The number of pyridine rings is 1. The second-order valence-corrected chi connectivity index (χ2v) is 8.31. The highest BCUT2D eigenvalue weighted by Crippen LogP contribution is 2.34. The molecule has 0 spiro atoms. The molecule has 106 valence electrons. The minimum atomic E-state index is -2.92. The van der Waals surface area contributed by atoms with E-state index in [4.69, 9.17) is 5.73 Å². The zero-order valence-corrected chi connectivity index (χ0v) is 13.2. The van der Waals surface area contributed by atoms with Crippen LogP contribution in [-0.2, 0) is 9.84 Å². The molecule has 2 atom stereocenters. The summed E-state index contributed by atoms with van der Waals surface area (Å²) in [5.41, 5.74) is 8.09. The summed E-state index contributed by atoms with van der Waals surface area (Å²) in [7, 11) is -2.92. The van der Waals surface area contributed by atoms with Crippen LogP contribution in [0, 0.1) is 5.92 Å². The van der Waals surface area contributed by atoms with E-state index in [0.717, 1.165) is 20.9 Å². The van der Waals surface area contributed by atoms with Crippen molar-refractivity contribution in [1.29, 1.82) is 0 Å². The van der Waals surface area contributed by atoms with Crippen molar-refractivity contribution in [2.24, 2.45) is 11.7 Å². The van der Waals surface area contributed by atoms with Crippen molar-refractivity contribution in [2.45, 2.75) is 12.5 Å². The maximum Gasteiger partial charge on any atom is 0.150 e. The zero-order chi connectivity index (χ0) is 14.3. The normalized spacial score (nSPS) is 23.0. The summed E-state index contributed by atoms with van der Waals surface area (Å²) in [4.78, 5) is 4.41. The van der Waals surface area contributed by atoms with Gasteiger partial charge in [-0.1, -0.05) is 28.1 Å². The second kappa shape index (κ2) is 5.09. The van der Waals surface area contributed by atoms with Gasteiger partial charge >= 0.3 is 0 Å². The molecular weight excluding hydrogens is 340 g/mol. The molecule has 1 aliphatic heterocycles. The maximum absolute atomic E-state index is 11.6. The van der Waals surface area contributed by atoms with Crippen LogP contribution in [0.2, 0.25) is 0 Å².